The van der Waals surface area contributed by atoms with E-state index in [0.29, 0.717) is 24.4 Å². The highest BCUT2D eigenvalue weighted by Crippen LogP contribution is 2.32. The number of ether oxygens (including phenoxy) is 1. The van der Waals surface area contributed by atoms with Crippen molar-refractivity contribution in [2.24, 2.45) is 0 Å². The summed E-state index contributed by atoms with van der Waals surface area (Å²) >= 11 is 0. The summed E-state index contributed by atoms with van der Waals surface area (Å²) < 4.78 is 5.62. The first kappa shape index (κ1) is 16.4. The maximum atomic E-state index is 12.5. The first-order valence-corrected chi connectivity index (χ1v) is 8.76. The van der Waals surface area contributed by atoms with Gasteiger partial charge in [-0.3, -0.25) is 9.59 Å². The molecule has 2 aromatic carbocycles. The molecule has 1 N–H and O–H groups in total. The van der Waals surface area contributed by atoms with Gasteiger partial charge in [0.15, 0.2) is 0 Å². The summed E-state index contributed by atoms with van der Waals surface area (Å²) in [6.07, 6.45) is 0.974. The molecule has 0 saturated heterocycles. The number of nitrogens with one attached hydrogen (secondary N) is 1. The number of hydrogen-bond acceptors (Lipinski definition) is 3. The number of amides is 2. The number of carbonyl (C=O) groups is 2. The smallest absolute Gasteiger partial charge is 0.258 e. The Morgan fingerprint density at radius 2 is 1.88 bits per heavy atom. The summed E-state index contributed by atoms with van der Waals surface area (Å²) in [7, 11) is 0. The van der Waals surface area contributed by atoms with Gasteiger partial charge in [0.25, 0.3) is 5.91 Å². The van der Waals surface area contributed by atoms with Gasteiger partial charge in [-0.05, 0) is 12.1 Å². The van der Waals surface area contributed by atoms with Crippen LogP contribution in [-0.2, 0) is 4.79 Å². The van der Waals surface area contributed by atoms with Gasteiger partial charge in [-0.1, -0.05) is 43.0 Å². The molecule has 1 atom stereocenters. The minimum Gasteiger partial charge on any atom is -0.493 e. The number of hydrogen-bond donors (Lipinski definition) is 1. The van der Waals surface area contributed by atoms with Crippen molar-refractivity contribution in [3.8, 4) is 5.75 Å². The number of benzene rings is 2. The van der Waals surface area contributed by atoms with Crippen LogP contribution in [0.2, 0.25) is 0 Å². The first-order chi connectivity index (χ1) is 12.6. The number of para-hydroxylation sites is 1. The minimum atomic E-state index is -0.0881. The zero-order valence-corrected chi connectivity index (χ0v) is 14.4. The quantitative estimate of drug-likeness (QED) is 0.923. The fraction of sp³-hybridized carbons (Fsp3) is 0.238. The fourth-order valence-corrected chi connectivity index (χ4v) is 3.54. The van der Waals surface area contributed by atoms with Crippen molar-refractivity contribution in [3.63, 3.8) is 0 Å². The van der Waals surface area contributed by atoms with Crippen molar-refractivity contribution < 1.29 is 14.3 Å². The third-order valence-corrected chi connectivity index (χ3v) is 4.90. The molecule has 5 nitrogen and oxygen atoms in total. The molecule has 0 spiro atoms. The number of nitrogens with zero attached hydrogens (tertiary/aromatic N) is 1. The van der Waals surface area contributed by atoms with E-state index >= 15 is 0 Å². The van der Waals surface area contributed by atoms with Gasteiger partial charge in [-0.2, -0.15) is 0 Å². The van der Waals surface area contributed by atoms with E-state index in [9.17, 15) is 9.59 Å². The van der Waals surface area contributed by atoms with Gasteiger partial charge in [0.1, 0.15) is 5.75 Å². The van der Waals surface area contributed by atoms with Crippen LogP contribution in [0, 0.1) is 0 Å². The van der Waals surface area contributed by atoms with Crippen LogP contribution in [0.4, 0.5) is 0 Å². The molecule has 0 radical (unpaired) electrons. The van der Waals surface area contributed by atoms with E-state index in [1.807, 2.05) is 42.5 Å². The molecule has 2 aliphatic rings. The van der Waals surface area contributed by atoms with Gasteiger partial charge in [-0.25, -0.2) is 0 Å². The van der Waals surface area contributed by atoms with Crippen LogP contribution in [-0.4, -0.2) is 29.9 Å². The van der Waals surface area contributed by atoms with Gasteiger partial charge < -0.3 is 15.0 Å². The van der Waals surface area contributed by atoms with Crippen molar-refractivity contribution in [2.45, 2.75) is 18.9 Å². The summed E-state index contributed by atoms with van der Waals surface area (Å²) in [4.78, 5) is 26.5. The second-order valence-corrected chi connectivity index (χ2v) is 6.49. The average molecular weight is 348 g/mol. The number of carbonyl (C=O) groups excluding carboxylic acids is 2. The Morgan fingerprint density at radius 1 is 1.15 bits per heavy atom. The van der Waals surface area contributed by atoms with Crippen LogP contribution in [0.15, 0.2) is 55.1 Å². The number of rotatable bonds is 4. The Kier molecular flexibility index (Phi) is 4.21. The molecule has 4 rings (SSSR count). The van der Waals surface area contributed by atoms with E-state index < -0.39 is 0 Å². The van der Waals surface area contributed by atoms with Crippen molar-refractivity contribution in [2.75, 3.05) is 13.2 Å². The molecule has 0 aromatic heterocycles. The van der Waals surface area contributed by atoms with E-state index in [1.54, 1.807) is 11.0 Å². The van der Waals surface area contributed by atoms with Crippen LogP contribution < -0.4 is 10.1 Å². The van der Waals surface area contributed by atoms with E-state index in [2.05, 4.69) is 11.9 Å². The zero-order valence-electron chi connectivity index (χ0n) is 14.4. The van der Waals surface area contributed by atoms with Crippen LogP contribution >= 0.6 is 0 Å². The highest BCUT2D eigenvalue weighted by molar-refractivity contribution is 6.08. The first-order valence-electron chi connectivity index (χ1n) is 8.76. The Morgan fingerprint density at radius 3 is 2.69 bits per heavy atom. The number of fused-ring (bicyclic) bond motifs is 2. The monoisotopic (exact) mass is 348 g/mol. The van der Waals surface area contributed by atoms with Gasteiger partial charge in [0, 0.05) is 41.8 Å². The Bertz CT molecular complexity index is 855. The SMILES string of the molecule is C=C1c2ccccc2C(=O)N1CCC(=O)N[C@@H]1CCOc2ccccc21. The molecule has 2 aromatic rings. The summed E-state index contributed by atoms with van der Waals surface area (Å²) in [6.45, 7) is 4.91. The molecule has 0 aliphatic carbocycles. The molecule has 0 fully saturated rings. The summed E-state index contributed by atoms with van der Waals surface area (Å²) in [6, 6.07) is 15.1. The third kappa shape index (κ3) is 2.86. The third-order valence-electron chi connectivity index (χ3n) is 4.90. The summed E-state index contributed by atoms with van der Waals surface area (Å²) in [5, 5.41) is 3.06. The van der Waals surface area contributed by atoms with Gasteiger partial charge in [0.05, 0.1) is 12.6 Å². The highest BCUT2D eigenvalue weighted by atomic mass is 16.5. The zero-order chi connectivity index (χ0) is 18.1. The summed E-state index contributed by atoms with van der Waals surface area (Å²) in [5.41, 5.74) is 3.16. The Labute approximate surface area is 152 Å². The molecule has 2 aliphatic heterocycles. The van der Waals surface area contributed by atoms with E-state index in [1.165, 1.54) is 0 Å². The lowest BCUT2D eigenvalue weighted by molar-refractivity contribution is -0.122. The summed E-state index contributed by atoms with van der Waals surface area (Å²) in [5.74, 6) is 0.653. The maximum Gasteiger partial charge on any atom is 0.258 e. The van der Waals surface area contributed by atoms with Crippen LogP contribution in [0.25, 0.3) is 5.70 Å². The van der Waals surface area contributed by atoms with Gasteiger partial charge >= 0.3 is 0 Å². The molecule has 132 valence electrons. The Hall–Kier alpha value is -3.08. The van der Waals surface area contributed by atoms with E-state index in [4.69, 9.17) is 4.74 Å². The largest absolute Gasteiger partial charge is 0.493 e. The maximum absolute atomic E-state index is 12.5. The van der Waals surface area contributed by atoms with Crippen molar-refractivity contribution in [1.29, 1.82) is 0 Å². The molecular weight excluding hydrogens is 328 g/mol. The van der Waals surface area contributed by atoms with Crippen molar-refractivity contribution in [1.82, 2.24) is 10.2 Å². The normalized spacial score (nSPS) is 18.2. The second kappa shape index (κ2) is 6.67. The standard InChI is InChI=1S/C21H20N2O3/c1-14-15-6-2-3-7-16(15)21(25)23(14)12-10-20(24)22-18-11-13-26-19-9-5-4-8-17(18)19/h2-9,18H,1,10-13H2,(H,22,24)/t18-/m1/s1. The minimum absolute atomic E-state index is 0.0536. The Balaban J connectivity index is 1.39. The van der Waals surface area contributed by atoms with E-state index in [-0.39, 0.29) is 24.3 Å². The predicted octanol–water partition coefficient (Wildman–Crippen LogP) is 3.14. The molecule has 0 bridgehead atoms. The molecule has 0 unspecified atom stereocenters. The highest BCUT2D eigenvalue weighted by Gasteiger charge is 2.31. The predicted molar refractivity (Wildman–Crippen MR) is 98.6 cm³/mol. The van der Waals surface area contributed by atoms with Gasteiger partial charge in [0.2, 0.25) is 5.91 Å². The van der Waals surface area contributed by atoms with Crippen molar-refractivity contribution >= 4 is 17.5 Å². The molecule has 2 amide bonds. The molecular formula is C21H20N2O3. The molecule has 0 saturated carbocycles. The van der Waals surface area contributed by atoms with Crippen LogP contribution in [0.3, 0.4) is 0 Å². The average Bonchev–Trinajstić information content (AvgIpc) is 2.91. The topological polar surface area (TPSA) is 58.6 Å². The lowest BCUT2D eigenvalue weighted by Gasteiger charge is -2.27. The molecule has 2 heterocycles. The second-order valence-electron chi connectivity index (χ2n) is 6.49. The van der Waals surface area contributed by atoms with Crippen LogP contribution in [0.1, 0.15) is 40.4 Å². The molecule has 5 heteroatoms. The van der Waals surface area contributed by atoms with E-state index in [0.717, 1.165) is 23.3 Å². The lowest BCUT2D eigenvalue weighted by Crippen LogP contribution is -2.34. The van der Waals surface area contributed by atoms with Gasteiger partial charge in [-0.15, -0.1) is 0 Å². The fourth-order valence-electron chi connectivity index (χ4n) is 3.54. The van der Waals surface area contributed by atoms with Crippen molar-refractivity contribution in [3.05, 3.63) is 71.8 Å². The molecule has 26 heavy (non-hydrogen) atoms. The lowest BCUT2D eigenvalue weighted by atomic mass is 10.0. The van der Waals surface area contributed by atoms with Crippen LogP contribution in [0.5, 0.6) is 5.75 Å².